The highest BCUT2D eigenvalue weighted by atomic mass is 19.1. The number of benzene rings is 1. The summed E-state index contributed by atoms with van der Waals surface area (Å²) in [6.45, 7) is 6.64. The minimum atomic E-state index is -0.713. The highest BCUT2D eigenvalue weighted by molar-refractivity contribution is 5.25. The third-order valence-corrected chi connectivity index (χ3v) is 3.10. The number of rotatable bonds is 6. The van der Waals surface area contributed by atoms with E-state index in [1.807, 2.05) is 18.0 Å². The van der Waals surface area contributed by atoms with Crippen molar-refractivity contribution in [1.29, 1.82) is 0 Å². The van der Waals surface area contributed by atoms with Crippen molar-refractivity contribution in [1.82, 2.24) is 4.90 Å². The Balaban J connectivity index is 2.51. The molecular weight excluding hydrogens is 243 g/mol. The molecule has 0 amide bonds. The Morgan fingerprint density at radius 3 is 2.58 bits per heavy atom. The first kappa shape index (κ1) is 16.1. The molecular formula is C15H25FN2O. The summed E-state index contributed by atoms with van der Waals surface area (Å²) in [6.07, 6.45) is 0.731. The zero-order valence-corrected chi connectivity index (χ0v) is 12.3. The maximum atomic E-state index is 13.5. The van der Waals surface area contributed by atoms with E-state index in [4.69, 9.17) is 5.73 Å². The monoisotopic (exact) mass is 268 g/mol. The first-order chi connectivity index (χ1) is 8.69. The van der Waals surface area contributed by atoms with Crippen LogP contribution < -0.4 is 5.73 Å². The Labute approximate surface area is 115 Å². The largest absolute Gasteiger partial charge is 0.389 e. The molecule has 0 saturated carbocycles. The third kappa shape index (κ3) is 5.68. The molecule has 0 heterocycles. The van der Waals surface area contributed by atoms with Crippen LogP contribution in [0.15, 0.2) is 18.2 Å². The van der Waals surface area contributed by atoms with Crippen LogP contribution in [0.5, 0.6) is 0 Å². The van der Waals surface area contributed by atoms with Crippen molar-refractivity contribution in [2.24, 2.45) is 5.73 Å². The molecule has 1 atom stereocenters. The van der Waals surface area contributed by atoms with Crippen LogP contribution in [0, 0.1) is 12.7 Å². The average Bonchev–Trinajstić information content (AvgIpc) is 2.27. The second-order valence-corrected chi connectivity index (χ2v) is 5.95. The predicted octanol–water partition coefficient (Wildman–Crippen LogP) is 2.23. The van der Waals surface area contributed by atoms with Crippen molar-refractivity contribution >= 4 is 0 Å². The molecule has 0 aliphatic rings. The van der Waals surface area contributed by atoms with Gasteiger partial charge in [0.15, 0.2) is 0 Å². The van der Waals surface area contributed by atoms with E-state index in [0.29, 0.717) is 12.1 Å². The molecule has 0 aliphatic heterocycles. The first-order valence-corrected chi connectivity index (χ1v) is 6.61. The number of aliphatic hydroxyl groups is 1. The highest BCUT2D eigenvalue weighted by Gasteiger charge is 2.16. The van der Waals surface area contributed by atoms with Gasteiger partial charge in [0.25, 0.3) is 0 Å². The summed E-state index contributed by atoms with van der Waals surface area (Å²) in [7, 11) is 1.94. The summed E-state index contributed by atoms with van der Waals surface area (Å²) in [4.78, 5) is 2.03. The van der Waals surface area contributed by atoms with Crippen LogP contribution >= 0.6 is 0 Å². The van der Waals surface area contributed by atoms with E-state index >= 15 is 0 Å². The average molecular weight is 268 g/mol. The topological polar surface area (TPSA) is 49.5 Å². The van der Waals surface area contributed by atoms with Crippen LogP contribution in [0.3, 0.4) is 0 Å². The summed E-state index contributed by atoms with van der Waals surface area (Å²) in [5.74, 6) is -0.210. The standard InChI is InChI=1S/C15H25FN2O/c1-11-5-6-12(9-13(11)16)14(17)7-8-18(4)10-15(2,3)19/h5-6,9,14,19H,7-8,10,17H2,1-4H3. The Hall–Kier alpha value is -0.970. The van der Waals surface area contributed by atoms with E-state index in [2.05, 4.69) is 0 Å². The molecule has 1 aromatic carbocycles. The Bertz CT molecular complexity index is 415. The fourth-order valence-corrected chi connectivity index (χ4v) is 2.11. The smallest absolute Gasteiger partial charge is 0.126 e. The zero-order valence-electron chi connectivity index (χ0n) is 12.3. The molecule has 0 fully saturated rings. The SMILES string of the molecule is Cc1ccc(C(N)CCN(C)CC(C)(C)O)cc1F. The zero-order chi connectivity index (χ0) is 14.6. The second kappa shape index (κ2) is 6.46. The van der Waals surface area contributed by atoms with Gasteiger partial charge in [0, 0.05) is 12.6 Å². The summed E-state index contributed by atoms with van der Waals surface area (Å²) in [6, 6.07) is 4.96. The number of nitrogens with two attached hydrogens (primary N) is 1. The van der Waals surface area contributed by atoms with Crippen LogP contribution in [-0.4, -0.2) is 35.7 Å². The second-order valence-electron chi connectivity index (χ2n) is 5.95. The lowest BCUT2D eigenvalue weighted by Gasteiger charge is -2.26. The van der Waals surface area contributed by atoms with Crippen LogP contribution in [0.25, 0.3) is 0 Å². The van der Waals surface area contributed by atoms with Crippen LogP contribution in [0.4, 0.5) is 4.39 Å². The van der Waals surface area contributed by atoms with Crippen LogP contribution in [0.2, 0.25) is 0 Å². The van der Waals surface area contributed by atoms with E-state index in [0.717, 1.165) is 18.5 Å². The van der Waals surface area contributed by atoms with Crippen LogP contribution in [-0.2, 0) is 0 Å². The number of hydrogen-bond donors (Lipinski definition) is 2. The Morgan fingerprint density at radius 2 is 2.05 bits per heavy atom. The number of hydrogen-bond acceptors (Lipinski definition) is 3. The minimum absolute atomic E-state index is 0.181. The van der Waals surface area contributed by atoms with E-state index in [9.17, 15) is 9.50 Å². The van der Waals surface area contributed by atoms with Gasteiger partial charge in [-0.3, -0.25) is 0 Å². The quantitative estimate of drug-likeness (QED) is 0.832. The molecule has 0 spiro atoms. The van der Waals surface area contributed by atoms with Gasteiger partial charge in [-0.15, -0.1) is 0 Å². The summed E-state index contributed by atoms with van der Waals surface area (Å²) in [5, 5.41) is 9.71. The lowest BCUT2D eigenvalue weighted by molar-refractivity contribution is 0.0438. The summed E-state index contributed by atoms with van der Waals surface area (Å²) in [5.41, 5.74) is 6.81. The van der Waals surface area contributed by atoms with E-state index in [1.54, 1.807) is 26.8 Å². The van der Waals surface area contributed by atoms with Gasteiger partial charge >= 0.3 is 0 Å². The Morgan fingerprint density at radius 1 is 1.42 bits per heavy atom. The van der Waals surface area contributed by atoms with Crippen molar-refractivity contribution in [2.75, 3.05) is 20.1 Å². The number of likely N-dealkylation sites (N-methyl/N-ethyl adjacent to an activating group) is 1. The van der Waals surface area contributed by atoms with Crippen molar-refractivity contribution in [3.05, 3.63) is 35.1 Å². The van der Waals surface area contributed by atoms with Gasteiger partial charge in [-0.25, -0.2) is 4.39 Å². The molecule has 0 aliphatic carbocycles. The summed E-state index contributed by atoms with van der Waals surface area (Å²) >= 11 is 0. The van der Waals surface area contributed by atoms with Crippen molar-refractivity contribution in [3.8, 4) is 0 Å². The highest BCUT2D eigenvalue weighted by Crippen LogP contribution is 2.18. The number of halogens is 1. The number of aryl methyl sites for hydroxylation is 1. The molecule has 1 unspecified atom stereocenters. The fraction of sp³-hybridized carbons (Fsp3) is 0.600. The molecule has 19 heavy (non-hydrogen) atoms. The van der Waals surface area contributed by atoms with Gasteiger partial charge in [-0.2, -0.15) is 0 Å². The molecule has 108 valence electrons. The minimum Gasteiger partial charge on any atom is -0.389 e. The van der Waals surface area contributed by atoms with Crippen LogP contribution in [0.1, 0.15) is 37.4 Å². The third-order valence-electron chi connectivity index (χ3n) is 3.10. The molecule has 3 nitrogen and oxygen atoms in total. The summed E-state index contributed by atoms with van der Waals surface area (Å²) < 4.78 is 13.5. The van der Waals surface area contributed by atoms with E-state index in [1.165, 1.54) is 6.07 Å². The molecule has 0 aromatic heterocycles. The maximum absolute atomic E-state index is 13.5. The molecule has 0 saturated heterocycles. The normalized spacial score (nSPS) is 13.9. The van der Waals surface area contributed by atoms with Crippen molar-refractivity contribution in [3.63, 3.8) is 0 Å². The molecule has 1 aromatic rings. The van der Waals surface area contributed by atoms with E-state index < -0.39 is 5.60 Å². The van der Waals surface area contributed by atoms with Gasteiger partial charge in [-0.05, 0) is 58.0 Å². The van der Waals surface area contributed by atoms with Gasteiger partial charge < -0.3 is 15.7 Å². The maximum Gasteiger partial charge on any atom is 0.126 e. The van der Waals surface area contributed by atoms with Crippen molar-refractivity contribution < 1.29 is 9.50 Å². The van der Waals surface area contributed by atoms with E-state index in [-0.39, 0.29) is 11.9 Å². The van der Waals surface area contributed by atoms with Gasteiger partial charge in [-0.1, -0.05) is 12.1 Å². The van der Waals surface area contributed by atoms with Crippen molar-refractivity contribution in [2.45, 2.75) is 38.8 Å². The predicted molar refractivity (Wildman–Crippen MR) is 76.5 cm³/mol. The van der Waals surface area contributed by atoms with Gasteiger partial charge in [0.1, 0.15) is 5.82 Å². The number of nitrogens with zero attached hydrogens (tertiary/aromatic N) is 1. The molecule has 0 radical (unpaired) electrons. The first-order valence-electron chi connectivity index (χ1n) is 6.61. The lowest BCUT2D eigenvalue weighted by atomic mass is 10.0. The fourth-order valence-electron chi connectivity index (χ4n) is 2.11. The molecule has 1 rings (SSSR count). The van der Waals surface area contributed by atoms with Gasteiger partial charge in [0.05, 0.1) is 5.60 Å². The molecule has 0 bridgehead atoms. The van der Waals surface area contributed by atoms with Gasteiger partial charge in [0.2, 0.25) is 0 Å². The molecule has 3 N–H and O–H groups in total. The lowest BCUT2D eigenvalue weighted by Crippen LogP contribution is -2.37. The Kier molecular flexibility index (Phi) is 5.47. The molecule has 4 heteroatoms.